The van der Waals surface area contributed by atoms with E-state index in [1.165, 1.54) is 11.8 Å². The number of Topliss-reactive ketones (excluding diaryl/α,β-unsaturated/α-hetero) is 1. The molecule has 11 heavy (non-hydrogen) atoms. The number of thioether (sulfide) groups is 1. The molecule has 64 valence electrons. The van der Waals surface area contributed by atoms with Gasteiger partial charge < -0.3 is 5.32 Å². The van der Waals surface area contributed by atoms with E-state index in [1.807, 2.05) is 0 Å². The van der Waals surface area contributed by atoms with Crippen molar-refractivity contribution in [1.82, 2.24) is 5.32 Å². The van der Waals surface area contributed by atoms with Crippen LogP contribution in [0.1, 0.15) is 0 Å². The van der Waals surface area contributed by atoms with Crippen LogP contribution in [0.5, 0.6) is 0 Å². The number of ketones is 1. The third-order valence-corrected chi connectivity index (χ3v) is 1.91. The molecule has 0 atom stereocenters. The first-order valence-electron chi connectivity index (χ1n) is 3.13. The molecule has 0 unspecified atom stereocenters. The second-order valence-electron chi connectivity index (χ2n) is 1.80. The molecule has 0 aliphatic rings. The van der Waals surface area contributed by atoms with Crippen LogP contribution in [0.25, 0.3) is 0 Å². The van der Waals surface area contributed by atoms with Crippen molar-refractivity contribution in [2.24, 2.45) is 0 Å². The van der Waals surface area contributed by atoms with E-state index < -0.39 is 12.5 Å². The van der Waals surface area contributed by atoms with Gasteiger partial charge in [-0.05, 0) is 0 Å². The number of alkyl halides is 1. The summed E-state index contributed by atoms with van der Waals surface area (Å²) in [6.45, 7) is -0.373. The lowest BCUT2D eigenvalue weighted by Gasteiger charge is -1.96. The minimum absolute atomic E-state index is 0.192. The van der Waals surface area contributed by atoms with Crippen molar-refractivity contribution in [3.63, 3.8) is 0 Å². The van der Waals surface area contributed by atoms with Gasteiger partial charge in [0.25, 0.3) is 0 Å². The molecule has 0 aliphatic carbocycles. The van der Waals surface area contributed by atoms with E-state index in [2.05, 4.69) is 5.32 Å². The second kappa shape index (κ2) is 7.53. The van der Waals surface area contributed by atoms with Crippen molar-refractivity contribution in [1.29, 1.82) is 0 Å². The quantitative estimate of drug-likeness (QED) is 0.442. The smallest absolute Gasteiger partial charge is 0.207 e. The van der Waals surface area contributed by atoms with Crippen LogP contribution < -0.4 is 5.32 Å². The van der Waals surface area contributed by atoms with Gasteiger partial charge in [0, 0.05) is 12.3 Å². The van der Waals surface area contributed by atoms with Crippen molar-refractivity contribution < 1.29 is 14.0 Å². The second-order valence-corrected chi connectivity index (χ2v) is 2.90. The zero-order chi connectivity index (χ0) is 8.53. The zero-order valence-corrected chi connectivity index (χ0v) is 6.82. The molecule has 0 aliphatic heterocycles. The first-order chi connectivity index (χ1) is 5.31. The molecule has 1 amide bonds. The number of hydrogen-bond donors (Lipinski definition) is 1. The maximum atomic E-state index is 11.5. The Morgan fingerprint density at radius 1 is 1.64 bits per heavy atom. The largest absolute Gasteiger partial charge is 0.358 e. The Morgan fingerprint density at radius 3 is 2.91 bits per heavy atom. The lowest BCUT2D eigenvalue weighted by atomic mass is 10.5. The van der Waals surface area contributed by atoms with E-state index >= 15 is 0 Å². The zero-order valence-electron chi connectivity index (χ0n) is 6.01. The van der Waals surface area contributed by atoms with Gasteiger partial charge in [0.15, 0.2) is 5.78 Å². The first kappa shape index (κ1) is 10.4. The summed E-state index contributed by atoms with van der Waals surface area (Å²) < 4.78 is 11.5. The van der Waals surface area contributed by atoms with Crippen molar-refractivity contribution in [3.8, 4) is 0 Å². The van der Waals surface area contributed by atoms with E-state index in [-0.39, 0.29) is 5.75 Å². The maximum Gasteiger partial charge on any atom is 0.207 e. The fraction of sp³-hybridized carbons (Fsp3) is 0.667. The molecule has 0 rings (SSSR count). The highest BCUT2D eigenvalue weighted by Gasteiger charge is 1.98. The van der Waals surface area contributed by atoms with E-state index in [0.29, 0.717) is 18.7 Å². The molecule has 0 aromatic rings. The summed E-state index contributed by atoms with van der Waals surface area (Å²) in [6.07, 6.45) is 0.595. The van der Waals surface area contributed by atoms with Crippen LogP contribution in [-0.2, 0) is 9.59 Å². The number of halogens is 1. The summed E-state index contributed by atoms with van der Waals surface area (Å²) in [7, 11) is 0. The van der Waals surface area contributed by atoms with Crippen molar-refractivity contribution >= 4 is 24.0 Å². The number of amides is 1. The van der Waals surface area contributed by atoms with Gasteiger partial charge in [-0.15, -0.1) is 0 Å². The van der Waals surface area contributed by atoms with E-state index in [9.17, 15) is 14.0 Å². The molecular weight excluding hydrogens is 169 g/mol. The Morgan fingerprint density at radius 2 is 2.36 bits per heavy atom. The number of carbonyl (C=O) groups excluding carboxylic acids is 2. The number of carbonyl (C=O) groups is 2. The molecule has 0 aromatic heterocycles. The Labute approximate surface area is 68.7 Å². The van der Waals surface area contributed by atoms with Crippen molar-refractivity contribution in [2.45, 2.75) is 0 Å². The summed E-state index contributed by atoms with van der Waals surface area (Å²) in [5.74, 6) is 0.433. The topological polar surface area (TPSA) is 46.2 Å². The van der Waals surface area contributed by atoms with E-state index in [0.717, 1.165) is 0 Å². The standard InChI is InChI=1S/C6H10FNO2S/c7-3-6(10)4-11-2-1-8-5-9/h5H,1-4H2,(H,8,9). The third kappa shape index (κ3) is 7.32. The van der Waals surface area contributed by atoms with Crippen LogP contribution in [0.15, 0.2) is 0 Å². The Balaban J connectivity index is 3.01. The van der Waals surface area contributed by atoms with E-state index in [1.54, 1.807) is 0 Å². The molecule has 0 saturated heterocycles. The number of rotatable bonds is 7. The van der Waals surface area contributed by atoms with Gasteiger partial charge in [0.2, 0.25) is 6.41 Å². The van der Waals surface area contributed by atoms with Gasteiger partial charge in [-0.25, -0.2) is 4.39 Å². The average molecular weight is 179 g/mol. The van der Waals surface area contributed by atoms with Crippen molar-refractivity contribution in [3.05, 3.63) is 0 Å². The molecule has 3 nitrogen and oxygen atoms in total. The van der Waals surface area contributed by atoms with Crippen LogP contribution in [0.3, 0.4) is 0 Å². The van der Waals surface area contributed by atoms with Crippen LogP contribution in [0.4, 0.5) is 4.39 Å². The Bertz CT molecular complexity index is 132. The van der Waals surface area contributed by atoms with Gasteiger partial charge in [-0.1, -0.05) is 0 Å². The fourth-order valence-electron chi connectivity index (χ4n) is 0.415. The molecule has 0 bridgehead atoms. The van der Waals surface area contributed by atoms with Gasteiger partial charge in [-0.2, -0.15) is 11.8 Å². The highest BCUT2D eigenvalue weighted by atomic mass is 32.2. The minimum atomic E-state index is -0.895. The lowest BCUT2D eigenvalue weighted by Crippen LogP contribution is -2.15. The molecule has 0 fully saturated rings. The molecule has 0 aromatic carbocycles. The average Bonchev–Trinajstić information content (AvgIpc) is 2.04. The highest BCUT2D eigenvalue weighted by Crippen LogP contribution is 1.98. The molecular formula is C6H10FNO2S. The first-order valence-corrected chi connectivity index (χ1v) is 4.29. The van der Waals surface area contributed by atoms with Crippen LogP contribution in [0, 0.1) is 0 Å². The third-order valence-electron chi connectivity index (χ3n) is 0.886. The predicted molar refractivity (Wildman–Crippen MR) is 42.4 cm³/mol. The SMILES string of the molecule is O=CNCCSCC(=O)CF. The fourth-order valence-corrected chi connectivity index (χ4v) is 1.13. The predicted octanol–water partition coefficient (Wildman–Crippen LogP) is 0.00420. The van der Waals surface area contributed by atoms with Crippen LogP contribution in [0.2, 0.25) is 0 Å². The van der Waals surface area contributed by atoms with Gasteiger partial charge in [0.05, 0.1) is 5.75 Å². The van der Waals surface area contributed by atoms with Crippen LogP contribution in [-0.4, -0.2) is 36.9 Å². The number of hydrogen-bond acceptors (Lipinski definition) is 3. The number of nitrogens with one attached hydrogen (secondary N) is 1. The molecule has 5 heteroatoms. The summed E-state index contributed by atoms with van der Waals surface area (Å²) in [5.41, 5.74) is 0. The summed E-state index contributed by atoms with van der Waals surface area (Å²) in [4.78, 5) is 20.1. The summed E-state index contributed by atoms with van der Waals surface area (Å²) in [6, 6.07) is 0. The highest BCUT2D eigenvalue weighted by molar-refractivity contribution is 7.99. The molecule has 0 heterocycles. The maximum absolute atomic E-state index is 11.5. The lowest BCUT2D eigenvalue weighted by molar-refractivity contribution is -0.117. The Hall–Kier alpha value is -0.580. The monoisotopic (exact) mass is 179 g/mol. The normalized spacial score (nSPS) is 9.18. The van der Waals surface area contributed by atoms with Gasteiger partial charge >= 0.3 is 0 Å². The molecule has 0 radical (unpaired) electrons. The van der Waals surface area contributed by atoms with Gasteiger partial charge in [-0.3, -0.25) is 9.59 Å². The minimum Gasteiger partial charge on any atom is -0.358 e. The van der Waals surface area contributed by atoms with Crippen molar-refractivity contribution in [2.75, 3.05) is 24.7 Å². The molecule has 0 spiro atoms. The molecule has 1 N–H and O–H groups in total. The van der Waals surface area contributed by atoms with Crippen LogP contribution >= 0.6 is 11.8 Å². The van der Waals surface area contributed by atoms with Gasteiger partial charge in [0.1, 0.15) is 6.67 Å². The van der Waals surface area contributed by atoms with E-state index in [4.69, 9.17) is 0 Å². The Kier molecular flexibility index (Phi) is 7.13. The summed E-state index contributed by atoms with van der Waals surface area (Å²) in [5, 5.41) is 2.43. The summed E-state index contributed by atoms with van der Waals surface area (Å²) >= 11 is 1.31. The molecule has 0 saturated carbocycles.